The van der Waals surface area contributed by atoms with Gasteiger partial charge in [0.05, 0.1) is 5.69 Å². The highest BCUT2D eigenvalue weighted by Gasteiger charge is 2.35. The van der Waals surface area contributed by atoms with Gasteiger partial charge in [0, 0.05) is 6.92 Å². The maximum atomic E-state index is 11.8. The van der Waals surface area contributed by atoms with Gasteiger partial charge in [0.1, 0.15) is 0 Å². The molecule has 0 fully saturated rings. The van der Waals surface area contributed by atoms with Gasteiger partial charge in [0.25, 0.3) is 5.91 Å². The van der Waals surface area contributed by atoms with Crippen LogP contribution in [0.25, 0.3) is 0 Å². The van der Waals surface area contributed by atoms with Crippen LogP contribution in [0.4, 0.5) is 5.69 Å². The van der Waals surface area contributed by atoms with Crippen molar-refractivity contribution in [1.82, 2.24) is 5.32 Å². The van der Waals surface area contributed by atoms with Crippen LogP contribution in [0.2, 0.25) is 0 Å². The molecule has 88 valence electrons. The van der Waals surface area contributed by atoms with E-state index < -0.39 is 5.38 Å². The van der Waals surface area contributed by atoms with Crippen LogP contribution in [-0.2, 0) is 9.59 Å². The third-order valence-corrected chi connectivity index (χ3v) is 2.57. The normalized spacial score (nSPS) is 19.2. The maximum Gasteiger partial charge on any atom is 0.273 e. The highest BCUT2D eigenvalue weighted by atomic mass is 35.5. The Morgan fingerprint density at radius 3 is 2.65 bits per heavy atom. The van der Waals surface area contributed by atoms with Gasteiger partial charge < -0.3 is 5.32 Å². The monoisotopic (exact) mass is 251 g/mol. The van der Waals surface area contributed by atoms with E-state index in [0.717, 1.165) is 0 Å². The second-order valence-corrected chi connectivity index (χ2v) is 3.95. The lowest BCUT2D eigenvalue weighted by atomic mass is 10.3. The average Bonchev–Trinajstić information content (AvgIpc) is 2.58. The number of carbonyl (C=O) groups excluding carboxylic acids is 2. The fourth-order valence-corrected chi connectivity index (χ4v) is 1.65. The highest BCUT2D eigenvalue weighted by Crippen LogP contribution is 2.21. The molecule has 2 amide bonds. The van der Waals surface area contributed by atoms with E-state index in [9.17, 15) is 9.59 Å². The number of halogens is 1. The Hall–Kier alpha value is -1.88. The van der Waals surface area contributed by atoms with Crippen molar-refractivity contribution in [2.75, 3.05) is 5.01 Å². The molecular weight excluding hydrogens is 242 g/mol. The summed E-state index contributed by atoms with van der Waals surface area (Å²) < 4.78 is 0. The molecule has 6 heteroatoms. The van der Waals surface area contributed by atoms with Crippen LogP contribution in [0.1, 0.15) is 6.92 Å². The largest absolute Gasteiger partial charge is 0.311 e. The minimum atomic E-state index is -0.945. The second-order valence-electron chi connectivity index (χ2n) is 3.51. The van der Waals surface area contributed by atoms with Crippen molar-refractivity contribution >= 4 is 34.9 Å². The minimum absolute atomic E-state index is 0.160. The van der Waals surface area contributed by atoms with Gasteiger partial charge in [-0.1, -0.05) is 18.2 Å². The molecule has 0 radical (unpaired) electrons. The molecule has 1 atom stereocenters. The SMILES string of the molecule is CC(=O)NC1=NN(c2ccccc2)C(=O)[C@H]1Cl. The predicted molar refractivity (Wildman–Crippen MR) is 64.8 cm³/mol. The summed E-state index contributed by atoms with van der Waals surface area (Å²) in [6, 6.07) is 8.89. The first-order chi connectivity index (χ1) is 8.09. The summed E-state index contributed by atoms with van der Waals surface area (Å²) in [5.41, 5.74) is 0.614. The van der Waals surface area contributed by atoms with Gasteiger partial charge >= 0.3 is 0 Å². The van der Waals surface area contributed by atoms with Crippen molar-refractivity contribution in [3.63, 3.8) is 0 Å². The molecular formula is C11H10ClN3O2. The smallest absolute Gasteiger partial charge is 0.273 e. The number of benzene rings is 1. The third kappa shape index (κ3) is 2.29. The van der Waals surface area contributed by atoms with E-state index in [1.54, 1.807) is 24.3 Å². The van der Waals surface area contributed by atoms with Crippen molar-refractivity contribution in [2.24, 2.45) is 5.10 Å². The molecule has 0 aromatic heterocycles. The van der Waals surface area contributed by atoms with Gasteiger partial charge in [0.15, 0.2) is 11.2 Å². The zero-order valence-electron chi connectivity index (χ0n) is 9.05. The van der Waals surface area contributed by atoms with Crippen LogP contribution in [0.15, 0.2) is 35.4 Å². The number of nitrogens with zero attached hydrogens (tertiary/aromatic N) is 2. The average molecular weight is 252 g/mol. The van der Waals surface area contributed by atoms with Crippen molar-refractivity contribution < 1.29 is 9.59 Å². The van der Waals surface area contributed by atoms with Crippen molar-refractivity contribution in [3.05, 3.63) is 30.3 Å². The van der Waals surface area contributed by atoms with E-state index in [1.807, 2.05) is 6.07 Å². The molecule has 0 aliphatic carbocycles. The third-order valence-electron chi connectivity index (χ3n) is 2.18. The lowest BCUT2D eigenvalue weighted by molar-refractivity contribution is -0.117. The number of hydrogen-bond donors (Lipinski definition) is 1. The van der Waals surface area contributed by atoms with E-state index in [2.05, 4.69) is 10.4 Å². The highest BCUT2D eigenvalue weighted by molar-refractivity contribution is 6.46. The van der Waals surface area contributed by atoms with Crippen LogP contribution in [0, 0.1) is 0 Å². The van der Waals surface area contributed by atoms with Crippen molar-refractivity contribution in [3.8, 4) is 0 Å². The molecule has 0 spiro atoms. The Morgan fingerprint density at radius 2 is 2.06 bits per heavy atom. The molecule has 1 aromatic rings. The summed E-state index contributed by atoms with van der Waals surface area (Å²) in [4.78, 5) is 22.7. The summed E-state index contributed by atoms with van der Waals surface area (Å²) in [6.45, 7) is 1.34. The zero-order chi connectivity index (χ0) is 12.4. The summed E-state index contributed by atoms with van der Waals surface area (Å²) in [5, 5.41) is 6.67. The number of nitrogens with one attached hydrogen (secondary N) is 1. The lowest BCUT2D eigenvalue weighted by Gasteiger charge is -2.10. The van der Waals surface area contributed by atoms with E-state index >= 15 is 0 Å². The van der Waals surface area contributed by atoms with Gasteiger partial charge in [-0.15, -0.1) is 16.7 Å². The fourth-order valence-electron chi connectivity index (χ4n) is 1.45. The number of alkyl halides is 1. The van der Waals surface area contributed by atoms with E-state index in [0.29, 0.717) is 5.69 Å². The summed E-state index contributed by atoms with van der Waals surface area (Å²) in [6.07, 6.45) is 0. The number of amidine groups is 1. The fraction of sp³-hybridized carbons (Fsp3) is 0.182. The first kappa shape index (κ1) is 11.6. The number of carbonyl (C=O) groups is 2. The Labute approximate surface area is 103 Å². The second kappa shape index (κ2) is 4.55. The first-order valence-electron chi connectivity index (χ1n) is 4.99. The van der Waals surface area contributed by atoms with Crippen molar-refractivity contribution in [2.45, 2.75) is 12.3 Å². The standard InChI is InChI=1S/C11H10ClN3O2/c1-7(16)13-10-9(12)11(17)15(14-10)8-5-3-2-4-6-8/h2-6,9H,1H3,(H,13,14,16)/t9-/m0/s1. The van der Waals surface area contributed by atoms with Crippen molar-refractivity contribution in [1.29, 1.82) is 0 Å². The van der Waals surface area contributed by atoms with Crippen LogP contribution < -0.4 is 10.3 Å². The van der Waals surface area contributed by atoms with Crippen LogP contribution in [-0.4, -0.2) is 23.0 Å². The number of para-hydroxylation sites is 1. The molecule has 5 nitrogen and oxygen atoms in total. The van der Waals surface area contributed by atoms with Gasteiger partial charge in [0.2, 0.25) is 5.91 Å². The van der Waals surface area contributed by atoms with Gasteiger partial charge in [-0.05, 0) is 12.1 Å². The number of anilines is 1. The van der Waals surface area contributed by atoms with Gasteiger partial charge in [-0.3, -0.25) is 9.59 Å². The Bertz CT molecular complexity index is 487. The van der Waals surface area contributed by atoms with E-state index in [1.165, 1.54) is 11.9 Å². The first-order valence-corrected chi connectivity index (χ1v) is 5.42. The van der Waals surface area contributed by atoms with Crippen LogP contribution >= 0.6 is 11.6 Å². The number of hydrogen-bond acceptors (Lipinski definition) is 3. The molecule has 1 aromatic carbocycles. The summed E-state index contributed by atoms with van der Waals surface area (Å²) in [7, 11) is 0. The lowest BCUT2D eigenvalue weighted by Crippen LogP contribution is -2.36. The maximum absolute atomic E-state index is 11.8. The predicted octanol–water partition coefficient (Wildman–Crippen LogP) is 1.09. The molecule has 1 aliphatic heterocycles. The number of rotatable bonds is 1. The molecule has 0 saturated heterocycles. The molecule has 17 heavy (non-hydrogen) atoms. The summed E-state index contributed by atoms with van der Waals surface area (Å²) >= 11 is 5.88. The quantitative estimate of drug-likeness (QED) is 0.760. The Kier molecular flexibility index (Phi) is 3.10. The van der Waals surface area contributed by atoms with Crippen LogP contribution in [0.3, 0.4) is 0 Å². The van der Waals surface area contributed by atoms with E-state index in [4.69, 9.17) is 11.6 Å². The molecule has 2 rings (SSSR count). The number of hydrazone groups is 1. The number of amides is 2. The minimum Gasteiger partial charge on any atom is -0.311 e. The molecule has 0 saturated carbocycles. The Morgan fingerprint density at radius 1 is 1.41 bits per heavy atom. The van der Waals surface area contributed by atoms with Crippen LogP contribution in [0.5, 0.6) is 0 Å². The molecule has 0 bridgehead atoms. The molecule has 0 unspecified atom stereocenters. The summed E-state index contributed by atoms with van der Waals surface area (Å²) in [5.74, 6) is -0.522. The van der Waals surface area contributed by atoms with Gasteiger partial charge in [-0.2, -0.15) is 5.01 Å². The topological polar surface area (TPSA) is 61.8 Å². The molecule has 1 heterocycles. The van der Waals surface area contributed by atoms with Gasteiger partial charge in [-0.25, -0.2) is 0 Å². The Balaban J connectivity index is 2.28. The zero-order valence-corrected chi connectivity index (χ0v) is 9.81. The molecule has 1 N–H and O–H groups in total. The van der Waals surface area contributed by atoms with E-state index in [-0.39, 0.29) is 17.6 Å². The molecule has 1 aliphatic rings.